The molecule has 170 valence electrons. The van der Waals surface area contributed by atoms with Gasteiger partial charge in [0.2, 0.25) is 5.91 Å². The summed E-state index contributed by atoms with van der Waals surface area (Å²) in [6.45, 7) is 0. The molecule has 0 fully saturated rings. The predicted molar refractivity (Wildman–Crippen MR) is 130 cm³/mol. The summed E-state index contributed by atoms with van der Waals surface area (Å²) in [5.74, 6) is 2.04. The van der Waals surface area contributed by atoms with Crippen LogP contribution in [-0.2, 0) is 17.6 Å². The number of nitrogens with zero attached hydrogens (tertiary/aromatic N) is 3. The highest BCUT2D eigenvalue weighted by Crippen LogP contribution is 2.31. The van der Waals surface area contributed by atoms with Crippen LogP contribution in [0.4, 0.5) is 0 Å². The Labute approximate surface area is 197 Å². The van der Waals surface area contributed by atoms with E-state index in [1.54, 1.807) is 38.6 Å². The third-order valence-electron chi connectivity index (χ3n) is 5.35. The largest absolute Gasteiger partial charge is 0.497 e. The Morgan fingerprint density at radius 2 is 1.91 bits per heavy atom. The van der Waals surface area contributed by atoms with E-state index in [2.05, 4.69) is 10.5 Å². The first-order chi connectivity index (χ1) is 16.2. The van der Waals surface area contributed by atoms with Gasteiger partial charge in [0, 0.05) is 22.4 Å². The van der Waals surface area contributed by atoms with Crippen molar-refractivity contribution in [3.05, 3.63) is 65.4 Å². The van der Waals surface area contributed by atoms with Crippen LogP contribution in [0.1, 0.15) is 29.7 Å². The number of hydrazone groups is 1. The molecule has 1 amide bonds. The maximum Gasteiger partial charge on any atom is 0.250 e. The lowest BCUT2D eigenvalue weighted by Gasteiger charge is -2.18. The minimum absolute atomic E-state index is 0.206. The Balaban J connectivity index is 1.45. The van der Waals surface area contributed by atoms with Crippen molar-refractivity contribution in [2.24, 2.45) is 5.10 Å². The molecule has 0 atom stereocenters. The monoisotopic (exact) mass is 462 g/mol. The van der Waals surface area contributed by atoms with E-state index in [-0.39, 0.29) is 11.7 Å². The van der Waals surface area contributed by atoms with Crippen LogP contribution in [0.15, 0.2) is 58.7 Å². The topological polar surface area (TPSA) is 85.7 Å². The number of nitrogens with one attached hydrogen (secondary N) is 1. The molecular weight excluding hydrogens is 436 g/mol. The van der Waals surface area contributed by atoms with Gasteiger partial charge in [-0.25, -0.2) is 15.4 Å². The lowest BCUT2D eigenvalue weighted by atomic mass is 9.97. The second-order valence-corrected chi connectivity index (χ2v) is 8.50. The van der Waals surface area contributed by atoms with Crippen LogP contribution >= 0.6 is 11.8 Å². The number of fused-ring (bicyclic) bond motifs is 1. The fraction of sp³-hybridized carbons (Fsp3) is 0.280. The van der Waals surface area contributed by atoms with Gasteiger partial charge in [0.25, 0.3) is 0 Å². The minimum Gasteiger partial charge on any atom is -0.497 e. The van der Waals surface area contributed by atoms with Crippen LogP contribution in [0.5, 0.6) is 11.5 Å². The van der Waals surface area contributed by atoms with Crippen molar-refractivity contribution in [3.63, 3.8) is 0 Å². The maximum absolute atomic E-state index is 12.5. The molecular formula is C25H26N4O3S. The number of amides is 1. The second-order valence-electron chi connectivity index (χ2n) is 7.54. The van der Waals surface area contributed by atoms with Gasteiger partial charge in [0.1, 0.15) is 16.5 Å². The highest BCUT2D eigenvalue weighted by molar-refractivity contribution is 7.99. The summed E-state index contributed by atoms with van der Waals surface area (Å²) in [6.07, 6.45) is 5.69. The van der Waals surface area contributed by atoms with E-state index in [0.717, 1.165) is 42.0 Å². The number of ether oxygens (including phenoxy) is 2. The van der Waals surface area contributed by atoms with E-state index in [4.69, 9.17) is 19.4 Å². The van der Waals surface area contributed by atoms with Gasteiger partial charge in [-0.1, -0.05) is 42.1 Å². The molecule has 1 N–H and O–H groups in total. The third-order valence-corrected chi connectivity index (χ3v) is 6.36. The highest BCUT2D eigenvalue weighted by Gasteiger charge is 2.19. The van der Waals surface area contributed by atoms with Gasteiger partial charge in [-0.2, -0.15) is 5.10 Å². The molecule has 1 aliphatic rings. The fourth-order valence-electron chi connectivity index (χ4n) is 3.68. The van der Waals surface area contributed by atoms with Gasteiger partial charge in [-0.15, -0.1) is 0 Å². The number of methoxy groups -OCH3 is 2. The fourth-order valence-corrected chi connectivity index (χ4v) is 4.55. The zero-order valence-corrected chi connectivity index (χ0v) is 19.5. The van der Waals surface area contributed by atoms with E-state index in [1.165, 1.54) is 17.3 Å². The first-order valence-electron chi connectivity index (χ1n) is 10.8. The highest BCUT2D eigenvalue weighted by atomic mass is 32.2. The quantitative estimate of drug-likeness (QED) is 0.233. The Bertz CT molecular complexity index is 1150. The number of carbonyl (C=O) groups is 1. The van der Waals surface area contributed by atoms with E-state index < -0.39 is 0 Å². The maximum atomic E-state index is 12.5. The summed E-state index contributed by atoms with van der Waals surface area (Å²) >= 11 is 1.43. The molecule has 0 saturated heterocycles. The van der Waals surface area contributed by atoms with Crippen molar-refractivity contribution < 1.29 is 14.3 Å². The molecule has 1 aliphatic carbocycles. The molecule has 0 unspecified atom stereocenters. The first kappa shape index (κ1) is 22.8. The van der Waals surface area contributed by atoms with Crippen molar-refractivity contribution in [3.8, 4) is 22.9 Å². The van der Waals surface area contributed by atoms with Crippen LogP contribution in [-0.4, -0.2) is 42.1 Å². The Kier molecular flexibility index (Phi) is 7.57. The molecule has 8 heteroatoms. The summed E-state index contributed by atoms with van der Waals surface area (Å²) in [6, 6.07) is 15.3. The van der Waals surface area contributed by atoms with Gasteiger partial charge in [0.15, 0.2) is 5.82 Å². The molecule has 0 aliphatic heterocycles. The lowest BCUT2D eigenvalue weighted by Crippen LogP contribution is -2.20. The molecule has 0 bridgehead atoms. The summed E-state index contributed by atoms with van der Waals surface area (Å²) in [5.41, 5.74) is 6.55. The van der Waals surface area contributed by atoms with Crippen molar-refractivity contribution in [2.45, 2.75) is 30.7 Å². The average Bonchev–Trinajstić information content (AvgIpc) is 2.87. The second kappa shape index (κ2) is 11.0. The first-order valence-corrected chi connectivity index (χ1v) is 11.8. The molecule has 4 rings (SSSR count). The van der Waals surface area contributed by atoms with Gasteiger partial charge >= 0.3 is 0 Å². The smallest absolute Gasteiger partial charge is 0.250 e. The van der Waals surface area contributed by atoms with Crippen LogP contribution in [0.2, 0.25) is 0 Å². The molecule has 7 nitrogen and oxygen atoms in total. The zero-order chi connectivity index (χ0) is 23.0. The number of aryl methyl sites for hydroxylation is 1. The van der Waals surface area contributed by atoms with Gasteiger partial charge in [-0.05, 0) is 43.9 Å². The number of thioether (sulfide) groups is 1. The van der Waals surface area contributed by atoms with E-state index in [9.17, 15) is 4.79 Å². The minimum atomic E-state index is -0.206. The predicted octanol–water partition coefficient (Wildman–Crippen LogP) is 4.28. The lowest BCUT2D eigenvalue weighted by molar-refractivity contribution is -0.118. The average molecular weight is 463 g/mol. The standard InChI is InChI=1S/C25H26N4O3S/c1-31-19-12-13-22(32-2)18(14-19)15-26-29-23(30)16-33-25-20-10-6-7-11-21(20)27-24(28-25)17-8-4-3-5-9-17/h3-5,8-9,12-15H,6-7,10-11,16H2,1-2H3,(H,29,30)/b26-15-. The SMILES string of the molecule is COc1ccc(OC)c(/C=N\NC(=O)CSc2nc(-c3ccccc3)nc3c2CCCC3)c1. The van der Waals surface area contributed by atoms with Gasteiger partial charge in [-0.3, -0.25) is 4.79 Å². The number of aromatic nitrogens is 2. The third kappa shape index (κ3) is 5.70. The Morgan fingerprint density at radius 1 is 1.09 bits per heavy atom. The van der Waals surface area contributed by atoms with Crippen molar-refractivity contribution in [1.29, 1.82) is 0 Å². The number of hydrogen-bond acceptors (Lipinski definition) is 7. The number of rotatable bonds is 8. The molecule has 2 aromatic carbocycles. The van der Waals surface area contributed by atoms with Gasteiger partial charge in [0.05, 0.1) is 26.2 Å². The number of benzene rings is 2. The molecule has 1 heterocycles. The summed E-state index contributed by atoms with van der Waals surface area (Å²) in [7, 11) is 3.18. The van der Waals surface area contributed by atoms with Crippen LogP contribution in [0.25, 0.3) is 11.4 Å². The van der Waals surface area contributed by atoms with E-state index >= 15 is 0 Å². The molecule has 33 heavy (non-hydrogen) atoms. The molecule has 1 aromatic heterocycles. The molecule has 0 radical (unpaired) electrons. The van der Waals surface area contributed by atoms with E-state index in [1.807, 2.05) is 30.3 Å². The zero-order valence-electron chi connectivity index (χ0n) is 18.7. The molecule has 3 aromatic rings. The van der Waals surface area contributed by atoms with Crippen LogP contribution < -0.4 is 14.9 Å². The van der Waals surface area contributed by atoms with Crippen molar-refractivity contribution in [2.75, 3.05) is 20.0 Å². The summed E-state index contributed by atoms with van der Waals surface area (Å²) in [4.78, 5) is 22.1. The number of hydrogen-bond donors (Lipinski definition) is 1. The van der Waals surface area contributed by atoms with Crippen LogP contribution in [0, 0.1) is 0 Å². The van der Waals surface area contributed by atoms with E-state index in [0.29, 0.717) is 22.9 Å². The number of carbonyl (C=O) groups excluding carboxylic acids is 1. The Morgan fingerprint density at radius 3 is 2.70 bits per heavy atom. The van der Waals surface area contributed by atoms with Crippen molar-refractivity contribution in [1.82, 2.24) is 15.4 Å². The summed E-state index contributed by atoms with van der Waals surface area (Å²) in [5, 5.41) is 4.97. The molecule has 0 spiro atoms. The summed E-state index contributed by atoms with van der Waals surface area (Å²) < 4.78 is 10.6. The van der Waals surface area contributed by atoms with Crippen molar-refractivity contribution >= 4 is 23.9 Å². The Hall–Kier alpha value is -3.39. The normalized spacial score (nSPS) is 12.9. The van der Waals surface area contributed by atoms with Crippen LogP contribution in [0.3, 0.4) is 0 Å². The molecule has 0 saturated carbocycles. The van der Waals surface area contributed by atoms with Gasteiger partial charge < -0.3 is 9.47 Å².